The van der Waals surface area contributed by atoms with Gasteiger partial charge in [0.15, 0.2) is 0 Å². The van der Waals surface area contributed by atoms with Gasteiger partial charge in [0.2, 0.25) is 10.0 Å². The summed E-state index contributed by atoms with van der Waals surface area (Å²) in [6.07, 6.45) is -0.610. The monoisotopic (exact) mass is 423 g/mol. The molecule has 3 N–H and O–H groups in total. The van der Waals surface area contributed by atoms with E-state index in [1.54, 1.807) is 55.6 Å². The van der Waals surface area contributed by atoms with Gasteiger partial charge in [0.1, 0.15) is 16.8 Å². The van der Waals surface area contributed by atoms with Crippen LogP contribution in [0.5, 0.6) is 5.75 Å². The fourth-order valence-electron chi connectivity index (χ4n) is 3.23. The third kappa shape index (κ3) is 4.14. The molecule has 1 atom stereocenters. The molecule has 0 radical (unpaired) electrons. The minimum absolute atomic E-state index is 0.208. The summed E-state index contributed by atoms with van der Waals surface area (Å²) in [7, 11) is -2.01. The first-order chi connectivity index (χ1) is 14.5. The molecular weight excluding hydrogens is 402 g/mol. The molecule has 154 valence electrons. The summed E-state index contributed by atoms with van der Waals surface area (Å²) < 4.78 is 32.7. The number of anilines is 1. The van der Waals surface area contributed by atoms with Gasteiger partial charge in [-0.05, 0) is 47.5 Å². The zero-order valence-electron chi connectivity index (χ0n) is 16.3. The van der Waals surface area contributed by atoms with Gasteiger partial charge < -0.3 is 15.4 Å². The van der Waals surface area contributed by atoms with E-state index in [0.29, 0.717) is 23.4 Å². The molecule has 0 saturated heterocycles. The van der Waals surface area contributed by atoms with Crippen LogP contribution in [0.25, 0.3) is 0 Å². The van der Waals surface area contributed by atoms with E-state index in [2.05, 4.69) is 15.4 Å². The number of ether oxygens (including phenoxy) is 1. The summed E-state index contributed by atoms with van der Waals surface area (Å²) >= 11 is 0. The maximum absolute atomic E-state index is 12.5. The summed E-state index contributed by atoms with van der Waals surface area (Å²) in [6.45, 7) is 0.394. The number of amides is 1. The Kier molecular flexibility index (Phi) is 5.43. The largest absolute Gasteiger partial charge is 0.497 e. The summed E-state index contributed by atoms with van der Waals surface area (Å²) in [5, 5.41) is 6.04. The minimum Gasteiger partial charge on any atom is -0.497 e. The lowest BCUT2D eigenvalue weighted by Crippen LogP contribution is -2.38. The van der Waals surface area contributed by atoms with Crippen LogP contribution in [0, 0.1) is 0 Å². The molecule has 7 nitrogen and oxygen atoms in total. The number of carbonyl (C=O) groups excluding carboxylic acids is 1. The van der Waals surface area contributed by atoms with E-state index in [4.69, 9.17) is 4.74 Å². The average Bonchev–Trinajstić information content (AvgIpc) is 2.77. The predicted octanol–water partition coefficient (Wildman–Crippen LogP) is 3.03. The van der Waals surface area contributed by atoms with E-state index < -0.39 is 16.2 Å². The van der Waals surface area contributed by atoms with E-state index in [1.165, 1.54) is 0 Å². The first-order valence-corrected chi connectivity index (χ1v) is 10.8. The first kappa shape index (κ1) is 19.9. The molecule has 0 fully saturated rings. The number of hydrogen-bond acceptors (Lipinski definition) is 5. The molecule has 0 spiro atoms. The number of benzene rings is 3. The number of fused-ring (bicyclic) bond motifs is 1. The van der Waals surface area contributed by atoms with Gasteiger partial charge in [-0.1, -0.05) is 36.4 Å². The summed E-state index contributed by atoms with van der Waals surface area (Å²) in [5.41, 5.74) is 2.70. The molecule has 1 heterocycles. The van der Waals surface area contributed by atoms with Crippen molar-refractivity contribution in [2.45, 2.75) is 17.6 Å². The summed E-state index contributed by atoms with van der Waals surface area (Å²) in [6, 6.07) is 21.0. The Bertz CT molecular complexity index is 1160. The molecule has 0 aliphatic carbocycles. The summed E-state index contributed by atoms with van der Waals surface area (Å²) in [5.74, 6) is 0.551. The van der Waals surface area contributed by atoms with Gasteiger partial charge in [0, 0.05) is 12.1 Å². The number of carbonyl (C=O) groups is 1. The SMILES string of the molecule is COc1ccc(CNC(=O)c2ccc([C@@H]3Nc4ccccc4S(=O)(=O)N3)cc2)cc1. The van der Waals surface area contributed by atoms with Crippen molar-refractivity contribution in [3.05, 3.63) is 89.5 Å². The number of methoxy groups -OCH3 is 1. The van der Waals surface area contributed by atoms with Gasteiger partial charge in [-0.3, -0.25) is 4.79 Å². The van der Waals surface area contributed by atoms with E-state index in [9.17, 15) is 13.2 Å². The maximum atomic E-state index is 12.5. The van der Waals surface area contributed by atoms with Crippen molar-refractivity contribution in [3.63, 3.8) is 0 Å². The Morgan fingerprint density at radius 2 is 1.70 bits per heavy atom. The van der Waals surface area contributed by atoms with E-state index in [1.807, 2.05) is 24.3 Å². The van der Waals surface area contributed by atoms with Gasteiger partial charge in [-0.25, -0.2) is 8.42 Å². The molecule has 4 rings (SSSR count). The molecule has 3 aromatic carbocycles. The van der Waals surface area contributed by atoms with Crippen molar-refractivity contribution in [2.75, 3.05) is 12.4 Å². The fraction of sp³-hybridized carbons (Fsp3) is 0.136. The molecule has 0 unspecified atom stereocenters. The number of sulfonamides is 1. The number of nitrogens with one attached hydrogen (secondary N) is 3. The number of rotatable bonds is 5. The second kappa shape index (κ2) is 8.17. The Hall–Kier alpha value is -3.36. The van der Waals surface area contributed by atoms with Crippen molar-refractivity contribution >= 4 is 21.6 Å². The first-order valence-electron chi connectivity index (χ1n) is 9.35. The fourth-order valence-corrected chi connectivity index (χ4v) is 4.54. The lowest BCUT2D eigenvalue weighted by atomic mass is 10.1. The second-order valence-corrected chi connectivity index (χ2v) is 8.53. The van der Waals surface area contributed by atoms with Crippen LogP contribution in [0.1, 0.15) is 27.7 Å². The highest BCUT2D eigenvalue weighted by atomic mass is 32.2. The highest BCUT2D eigenvalue weighted by molar-refractivity contribution is 7.89. The lowest BCUT2D eigenvalue weighted by molar-refractivity contribution is 0.0951. The van der Waals surface area contributed by atoms with Crippen LogP contribution in [-0.2, 0) is 16.6 Å². The van der Waals surface area contributed by atoms with Gasteiger partial charge in [0.25, 0.3) is 5.91 Å². The van der Waals surface area contributed by atoms with Gasteiger partial charge in [0.05, 0.1) is 12.8 Å². The highest BCUT2D eigenvalue weighted by Crippen LogP contribution is 2.30. The predicted molar refractivity (Wildman–Crippen MR) is 114 cm³/mol. The Balaban J connectivity index is 1.43. The van der Waals surface area contributed by atoms with Crippen LogP contribution in [0.4, 0.5) is 5.69 Å². The number of hydrogen-bond donors (Lipinski definition) is 3. The van der Waals surface area contributed by atoms with Crippen LogP contribution in [0.3, 0.4) is 0 Å². The van der Waals surface area contributed by atoms with Crippen molar-refractivity contribution in [1.82, 2.24) is 10.0 Å². The van der Waals surface area contributed by atoms with Crippen molar-refractivity contribution in [2.24, 2.45) is 0 Å². The molecular formula is C22H21N3O4S. The maximum Gasteiger partial charge on any atom is 0.251 e. The standard InChI is InChI=1S/C22H21N3O4S/c1-29-18-12-6-15(7-13-18)14-23-22(26)17-10-8-16(9-11-17)21-24-19-4-2-3-5-20(19)30(27,28)25-21/h2-13,21,24-25H,14H2,1H3,(H,23,26)/t21-/m1/s1. The average molecular weight is 423 g/mol. The zero-order valence-corrected chi connectivity index (χ0v) is 17.1. The molecule has 8 heteroatoms. The quantitative estimate of drug-likeness (QED) is 0.586. The van der Waals surface area contributed by atoms with Crippen molar-refractivity contribution in [3.8, 4) is 5.75 Å². The second-order valence-electron chi connectivity index (χ2n) is 6.85. The molecule has 0 bridgehead atoms. The lowest BCUT2D eigenvalue weighted by Gasteiger charge is -2.28. The van der Waals surface area contributed by atoms with Gasteiger partial charge in [-0.15, -0.1) is 0 Å². The van der Waals surface area contributed by atoms with E-state index >= 15 is 0 Å². The normalized spacial score (nSPS) is 16.8. The third-order valence-electron chi connectivity index (χ3n) is 4.87. The Morgan fingerprint density at radius 1 is 1.00 bits per heavy atom. The Morgan fingerprint density at radius 3 is 2.40 bits per heavy atom. The molecule has 30 heavy (non-hydrogen) atoms. The molecule has 1 aliphatic rings. The molecule has 0 saturated carbocycles. The zero-order chi connectivity index (χ0) is 21.1. The van der Waals surface area contributed by atoms with E-state index in [0.717, 1.165) is 11.3 Å². The molecule has 3 aromatic rings. The minimum atomic E-state index is -3.61. The van der Waals surface area contributed by atoms with Crippen molar-refractivity contribution < 1.29 is 17.9 Å². The smallest absolute Gasteiger partial charge is 0.251 e. The van der Waals surface area contributed by atoms with Crippen LogP contribution >= 0.6 is 0 Å². The summed E-state index contributed by atoms with van der Waals surface area (Å²) in [4.78, 5) is 12.7. The topological polar surface area (TPSA) is 96.5 Å². The van der Waals surface area contributed by atoms with Crippen LogP contribution in [0.2, 0.25) is 0 Å². The third-order valence-corrected chi connectivity index (χ3v) is 6.35. The Labute approximate surface area is 175 Å². The highest BCUT2D eigenvalue weighted by Gasteiger charge is 2.29. The van der Waals surface area contributed by atoms with Crippen LogP contribution in [0.15, 0.2) is 77.7 Å². The molecule has 1 amide bonds. The van der Waals surface area contributed by atoms with E-state index in [-0.39, 0.29) is 10.8 Å². The van der Waals surface area contributed by atoms with Crippen LogP contribution < -0.4 is 20.1 Å². The van der Waals surface area contributed by atoms with Gasteiger partial charge in [-0.2, -0.15) is 4.72 Å². The van der Waals surface area contributed by atoms with Crippen LogP contribution in [-0.4, -0.2) is 21.4 Å². The van der Waals surface area contributed by atoms with Gasteiger partial charge >= 0.3 is 0 Å². The van der Waals surface area contributed by atoms with Crippen molar-refractivity contribution in [1.29, 1.82) is 0 Å². The molecule has 0 aromatic heterocycles. The molecule has 1 aliphatic heterocycles. The number of para-hydroxylation sites is 1.